The maximum absolute atomic E-state index is 12.0. The molecule has 17 heavy (non-hydrogen) atoms. The fourth-order valence-corrected chi connectivity index (χ4v) is 1.70. The second-order valence-corrected chi connectivity index (χ2v) is 4.61. The van der Waals surface area contributed by atoms with Gasteiger partial charge in [-0.2, -0.15) is 0 Å². The Balaban J connectivity index is 2.52. The topological polar surface area (TPSA) is 40.5 Å². The Labute approximate surface area is 103 Å². The number of benzene rings is 1. The van der Waals surface area contributed by atoms with E-state index in [0.29, 0.717) is 13.0 Å². The molecule has 1 unspecified atom stereocenters. The molecule has 1 aromatic carbocycles. The van der Waals surface area contributed by atoms with Crippen LogP contribution in [0.5, 0.6) is 0 Å². The number of aryl methyl sites for hydroxylation is 1. The van der Waals surface area contributed by atoms with Gasteiger partial charge in [-0.05, 0) is 32.9 Å². The number of rotatable bonds is 6. The molecule has 0 saturated heterocycles. The van der Waals surface area contributed by atoms with Crippen molar-refractivity contribution in [2.45, 2.75) is 26.4 Å². The Hall–Kier alpha value is -1.19. The minimum absolute atomic E-state index is 0.135. The van der Waals surface area contributed by atoms with Gasteiger partial charge in [-0.3, -0.25) is 9.69 Å². The Kier molecular flexibility index (Phi) is 5.32. The van der Waals surface area contributed by atoms with Crippen LogP contribution < -0.4 is 0 Å². The van der Waals surface area contributed by atoms with Gasteiger partial charge in [-0.25, -0.2) is 0 Å². The number of hydrogen-bond acceptors (Lipinski definition) is 3. The number of nitrogens with zero attached hydrogens (tertiary/aromatic N) is 1. The summed E-state index contributed by atoms with van der Waals surface area (Å²) in [6, 6.07) is 7.63. The maximum Gasteiger partial charge on any atom is 0.177 e. The summed E-state index contributed by atoms with van der Waals surface area (Å²) in [6.45, 7) is 4.84. The summed E-state index contributed by atoms with van der Waals surface area (Å²) in [5.74, 6) is 0.135. The third-order valence-corrected chi connectivity index (χ3v) is 2.79. The third kappa shape index (κ3) is 4.67. The second kappa shape index (κ2) is 6.52. The van der Waals surface area contributed by atoms with Crippen molar-refractivity contribution in [2.75, 3.05) is 20.1 Å². The molecule has 94 valence electrons. The van der Waals surface area contributed by atoms with Gasteiger partial charge < -0.3 is 5.11 Å². The van der Waals surface area contributed by atoms with Crippen LogP contribution in [0.1, 0.15) is 29.3 Å². The predicted octanol–water partition coefficient (Wildman–Crippen LogP) is 1.88. The van der Waals surface area contributed by atoms with Crippen LogP contribution in [0.3, 0.4) is 0 Å². The molecule has 1 aromatic rings. The van der Waals surface area contributed by atoms with Gasteiger partial charge >= 0.3 is 0 Å². The van der Waals surface area contributed by atoms with Gasteiger partial charge in [-0.15, -0.1) is 0 Å². The number of aliphatic hydroxyl groups is 1. The van der Waals surface area contributed by atoms with Gasteiger partial charge in [0.15, 0.2) is 5.78 Å². The first-order chi connectivity index (χ1) is 8.00. The first-order valence-corrected chi connectivity index (χ1v) is 5.96. The standard InChI is InChI=1S/C14H21NO2/c1-11-6-4-5-7-13(11)14(17)10-15(3)9-8-12(2)16/h4-7,12,16H,8-10H2,1-3H3. The maximum atomic E-state index is 12.0. The fourth-order valence-electron chi connectivity index (χ4n) is 1.70. The van der Waals surface area contributed by atoms with Crippen LogP contribution in [0.4, 0.5) is 0 Å². The predicted molar refractivity (Wildman–Crippen MR) is 69.3 cm³/mol. The SMILES string of the molecule is Cc1ccccc1C(=O)CN(C)CCC(C)O. The summed E-state index contributed by atoms with van der Waals surface area (Å²) in [6.07, 6.45) is 0.378. The van der Waals surface area contributed by atoms with Gasteiger partial charge in [0.2, 0.25) is 0 Å². The molecule has 0 fully saturated rings. The lowest BCUT2D eigenvalue weighted by molar-refractivity contribution is 0.0931. The molecule has 0 bridgehead atoms. The van der Waals surface area contributed by atoms with Gasteiger partial charge in [0.05, 0.1) is 12.6 Å². The van der Waals surface area contributed by atoms with E-state index in [1.165, 1.54) is 0 Å². The first-order valence-electron chi connectivity index (χ1n) is 5.96. The Bertz CT molecular complexity index is 374. The van der Waals surface area contributed by atoms with E-state index in [9.17, 15) is 9.90 Å². The van der Waals surface area contributed by atoms with Crippen LogP contribution >= 0.6 is 0 Å². The van der Waals surface area contributed by atoms with E-state index in [1.807, 2.05) is 43.1 Å². The minimum atomic E-state index is -0.314. The minimum Gasteiger partial charge on any atom is -0.393 e. The van der Waals surface area contributed by atoms with Gasteiger partial charge in [0.25, 0.3) is 0 Å². The van der Waals surface area contributed by atoms with Crippen LogP contribution in [-0.4, -0.2) is 42.0 Å². The molecule has 0 aliphatic heterocycles. The van der Waals surface area contributed by atoms with E-state index in [2.05, 4.69) is 0 Å². The van der Waals surface area contributed by atoms with Crippen molar-refractivity contribution >= 4 is 5.78 Å². The van der Waals surface area contributed by atoms with E-state index in [-0.39, 0.29) is 11.9 Å². The zero-order valence-electron chi connectivity index (χ0n) is 10.8. The molecule has 3 heteroatoms. The highest BCUT2D eigenvalue weighted by Crippen LogP contribution is 2.08. The average molecular weight is 235 g/mol. The molecule has 0 radical (unpaired) electrons. The normalized spacial score (nSPS) is 12.8. The lowest BCUT2D eigenvalue weighted by Gasteiger charge is -2.17. The average Bonchev–Trinajstić information content (AvgIpc) is 2.26. The van der Waals surface area contributed by atoms with E-state index in [0.717, 1.165) is 17.7 Å². The van der Waals surface area contributed by atoms with Crippen molar-refractivity contribution < 1.29 is 9.90 Å². The quantitative estimate of drug-likeness (QED) is 0.765. The van der Waals surface area contributed by atoms with Crippen LogP contribution in [-0.2, 0) is 0 Å². The number of Topliss-reactive ketones (excluding diaryl/α,β-unsaturated/α-hetero) is 1. The highest BCUT2D eigenvalue weighted by atomic mass is 16.3. The van der Waals surface area contributed by atoms with Crippen LogP contribution in [0.15, 0.2) is 24.3 Å². The summed E-state index contributed by atoms with van der Waals surface area (Å²) in [4.78, 5) is 14.0. The molecule has 1 rings (SSSR count). The molecule has 0 saturated carbocycles. The first kappa shape index (κ1) is 13.9. The molecule has 0 aliphatic carbocycles. The van der Waals surface area contributed by atoms with Crippen LogP contribution in [0.25, 0.3) is 0 Å². The van der Waals surface area contributed by atoms with Crippen molar-refractivity contribution in [1.82, 2.24) is 4.90 Å². The van der Waals surface area contributed by atoms with Crippen molar-refractivity contribution in [3.8, 4) is 0 Å². The van der Waals surface area contributed by atoms with Gasteiger partial charge in [0, 0.05) is 12.1 Å². The summed E-state index contributed by atoms with van der Waals surface area (Å²) >= 11 is 0. The summed E-state index contributed by atoms with van der Waals surface area (Å²) in [5.41, 5.74) is 1.80. The van der Waals surface area contributed by atoms with E-state index in [4.69, 9.17) is 0 Å². The van der Waals surface area contributed by atoms with Gasteiger partial charge in [-0.1, -0.05) is 24.3 Å². The highest BCUT2D eigenvalue weighted by Gasteiger charge is 2.11. The molecular formula is C14H21NO2. The number of likely N-dealkylation sites (N-methyl/N-ethyl adjacent to an activating group) is 1. The van der Waals surface area contributed by atoms with E-state index >= 15 is 0 Å². The molecule has 0 heterocycles. The number of carbonyl (C=O) groups is 1. The largest absolute Gasteiger partial charge is 0.393 e. The smallest absolute Gasteiger partial charge is 0.177 e. The van der Waals surface area contributed by atoms with Gasteiger partial charge in [0.1, 0.15) is 0 Å². The highest BCUT2D eigenvalue weighted by molar-refractivity contribution is 5.98. The van der Waals surface area contributed by atoms with Crippen molar-refractivity contribution in [2.24, 2.45) is 0 Å². The van der Waals surface area contributed by atoms with Crippen molar-refractivity contribution in [1.29, 1.82) is 0 Å². The van der Waals surface area contributed by atoms with E-state index < -0.39 is 0 Å². The zero-order valence-corrected chi connectivity index (χ0v) is 10.8. The summed E-state index contributed by atoms with van der Waals surface area (Å²) < 4.78 is 0. The molecule has 0 spiro atoms. The third-order valence-electron chi connectivity index (χ3n) is 2.79. The molecule has 3 nitrogen and oxygen atoms in total. The number of hydrogen-bond donors (Lipinski definition) is 1. The summed E-state index contributed by atoms with van der Waals surface area (Å²) in [7, 11) is 1.90. The number of aliphatic hydroxyl groups excluding tert-OH is 1. The summed E-state index contributed by atoms with van der Waals surface area (Å²) in [5, 5.41) is 9.18. The Morgan fingerprint density at radius 2 is 2.06 bits per heavy atom. The number of ketones is 1. The molecule has 0 aliphatic rings. The lowest BCUT2D eigenvalue weighted by atomic mass is 10.0. The zero-order chi connectivity index (χ0) is 12.8. The monoisotopic (exact) mass is 235 g/mol. The molecule has 1 N–H and O–H groups in total. The lowest BCUT2D eigenvalue weighted by Crippen LogP contribution is -2.28. The molecular weight excluding hydrogens is 214 g/mol. The van der Waals surface area contributed by atoms with E-state index in [1.54, 1.807) is 6.92 Å². The Morgan fingerprint density at radius 1 is 1.41 bits per heavy atom. The molecule has 1 atom stereocenters. The second-order valence-electron chi connectivity index (χ2n) is 4.61. The Morgan fingerprint density at radius 3 is 2.65 bits per heavy atom. The van der Waals surface area contributed by atoms with Crippen LogP contribution in [0, 0.1) is 6.92 Å². The van der Waals surface area contributed by atoms with Crippen molar-refractivity contribution in [3.63, 3.8) is 0 Å². The van der Waals surface area contributed by atoms with Crippen LogP contribution in [0.2, 0.25) is 0 Å². The molecule has 0 aromatic heterocycles. The van der Waals surface area contributed by atoms with Crippen molar-refractivity contribution in [3.05, 3.63) is 35.4 Å². The number of carbonyl (C=O) groups excluding carboxylic acids is 1. The molecule has 0 amide bonds. The fraction of sp³-hybridized carbons (Fsp3) is 0.500.